The van der Waals surface area contributed by atoms with Crippen LogP contribution in [0.2, 0.25) is 0 Å². The number of hydrogen-bond donors (Lipinski definition) is 2. The number of nitrogens with one attached hydrogen (secondary N) is 1. The second-order valence-electron chi connectivity index (χ2n) is 6.22. The molecule has 0 aliphatic carbocycles. The Morgan fingerprint density at radius 1 is 1.58 bits per heavy atom. The highest BCUT2D eigenvalue weighted by atomic mass is 16.5. The topological polar surface area (TPSA) is 61.8 Å². The van der Waals surface area contributed by atoms with E-state index in [0.29, 0.717) is 12.5 Å². The van der Waals surface area contributed by atoms with Crippen LogP contribution in [0.3, 0.4) is 0 Å². The lowest BCUT2D eigenvalue weighted by Gasteiger charge is -2.35. The molecule has 1 aliphatic rings. The summed E-state index contributed by atoms with van der Waals surface area (Å²) in [6, 6.07) is 0.146. The molecule has 112 valence electrons. The second-order valence-corrected chi connectivity index (χ2v) is 6.22. The highest BCUT2D eigenvalue weighted by Gasteiger charge is 2.35. The van der Waals surface area contributed by atoms with Crippen molar-refractivity contribution in [3.63, 3.8) is 0 Å². The third-order valence-corrected chi connectivity index (χ3v) is 3.49. The number of nitrogens with zero attached hydrogens (tertiary/aromatic N) is 1. The molecule has 2 atom stereocenters. The molecule has 0 aromatic heterocycles. The van der Waals surface area contributed by atoms with Crippen molar-refractivity contribution in [3.8, 4) is 0 Å². The fraction of sp³-hybridized carbons (Fsp3) is 0.929. The number of ether oxygens (including phenoxy) is 1. The monoisotopic (exact) mass is 272 g/mol. The van der Waals surface area contributed by atoms with Crippen molar-refractivity contribution in [2.75, 3.05) is 33.4 Å². The van der Waals surface area contributed by atoms with E-state index in [1.807, 2.05) is 20.9 Å². The number of carbonyl (C=O) groups is 1. The summed E-state index contributed by atoms with van der Waals surface area (Å²) in [5, 5.41) is 12.6. The molecular weight excluding hydrogens is 244 g/mol. The molecule has 5 nitrogen and oxygen atoms in total. The molecule has 0 spiro atoms. The molecule has 1 fully saturated rings. The van der Waals surface area contributed by atoms with Gasteiger partial charge in [0.1, 0.15) is 5.54 Å². The van der Waals surface area contributed by atoms with Gasteiger partial charge in [0.2, 0.25) is 0 Å². The van der Waals surface area contributed by atoms with Gasteiger partial charge in [0.15, 0.2) is 0 Å². The number of rotatable bonds is 7. The van der Waals surface area contributed by atoms with Crippen LogP contribution >= 0.6 is 0 Å². The number of aliphatic carboxylic acids is 1. The molecule has 2 N–H and O–H groups in total. The maximum atomic E-state index is 11.5. The van der Waals surface area contributed by atoms with E-state index in [2.05, 4.69) is 10.2 Å². The summed E-state index contributed by atoms with van der Waals surface area (Å²) in [4.78, 5) is 13.6. The molecule has 0 aromatic carbocycles. The maximum absolute atomic E-state index is 11.5. The zero-order valence-corrected chi connectivity index (χ0v) is 12.6. The van der Waals surface area contributed by atoms with E-state index in [0.717, 1.165) is 26.2 Å². The van der Waals surface area contributed by atoms with Crippen LogP contribution in [0.4, 0.5) is 0 Å². The number of likely N-dealkylation sites (N-methyl/N-ethyl adjacent to an activating group) is 1. The van der Waals surface area contributed by atoms with Crippen molar-refractivity contribution in [2.24, 2.45) is 5.92 Å². The minimum atomic E-state index is -0.904. The van der Waals surface area contributed by atoms with Gasteiger partial charge in [0, 0.05) is 25.7 Å². The van der Waals surface area contributed by atoms with Crippen molar-refractivity contribution in [2.45, 2.75) is 45.2 Å². The molecular formula is C14H28N2O3. The molecule has 0 bridgehead atoms. The Bertz CT molecular complexity index is 290. The summed E-state index contributed by atoms with van der Waals surface area (Å²) in [6.45, 7) is 8.74. The molecule has 19 heavy (non-hydrogen) atoms. The molecule has 0 aromatic rings. The van der Waals surface area contributed by atoms with Crippen LogP contribution in [-0.4, -0.2) is 60.9 Å². The van der Waals surface area contributed by atoms with Crippen LogP contribution in [0.15, 0.2) is 0 Å². The van der Waals surface area contributed by atoms with Gasteiger partial charge in [0.05, 0.1) is 6.61 Å². The minimum Gasteiger partial charge on any atom is -0.480 e. The maximum Gasteiger partial charge on any atom is 0.324 e. The zero-order chi connectivity index (χ0) is 14.5. The molecule has 1 saturated heterocycles. The molecule has 5 heteroatoms. The molecule has 1 rings (SSSR count). The van der Waals surface area contributed by atoms with Gasteiger partial charge in [-0.05, 0) is 46.6 Å². The number of carboxylic acids is 1. The van der Waals surface area contributed by atoms with Gasteiger partial charge in [-0.3, -0.25) is 10.1 Å². The molecule has 0 saturated carbocycles. The summed E-state index contributed by atoms with van der Waals surface area (Å²) >= 11 is 0. The van der Waals surface area contributed by atoms with E-state index in [1.54, 1.807) is 6.92 Å². The molecule has 2 unspecified atom stereocenters. The van der Waals surface area contributed by atoms with Crippen LogP contribution in [0, 0.1) is 5.92 Å². The van der Waals surface area contributed by atoms with E-state index >= 15 is 0 Å². The highest BCUT2D eigenvalue weighted by molar-refractivity contribution is 5.78. The van der Waals surface area contributed by atoms with E-state index in [4.69, 9.17) is 4.74 Å². The Morgan fingerprint density at radius 2 is 2.26 bits per heavy atom. The SMILES string of the molecule is CC(C)NC(C)(CN(C)CC1CCCOC1)C(=O)O. The standard InChI is InChI=1S/C14H28N2O3/c1-11(2)15-14(3,13(17)18)10-16(4)8-12-6-5-7-19-9-12/h11-12,15H,5-10H2,1-4H3,(H,17,18). The average Bonchev–Trinajstić information content (AvgIpc) is 2.28. The summed E-state index contributed by atoms with van der Waals surface area (Å²) in [5.41, 5.74) is -0.904. The van der Waals surface area contributed by atoms with Crippen molar-refractivity contribution < 1.29 is 14.6 Å². The molecule has 0 radical (unpaired) electrons. The summed E-state index contributed by atoms with van der Waals surface area (Å²) in [7, 11) is 1.98. The summed E-state index contributed by atoms with van der Waals surface area (Å²) in [5.74, 6) is -0.274. The lowest BCUT2D eigenvalue weighted by Crippen LogP contribution is -2.58. The van der Waals surface area contributed by atoms with Crippen molar-refractivity contribution >= 4 is 5.97 Å². The lowest BCUT2D eigenvalue weighted by molar-refractivity contribution is -0.145. The Balaban J connectivity index is 2.50. The largest absolute Gasteiger partial charge is 0.480 e. The Hall–Kier alpha value is -0.650. The normalized spacial score (nSPS) is 23.6. The zero-order valence-electron chi connectivity index (χ0n) is 12.6. The van der Waals surface area contributed by atoms with E-state index < -0.39 is 11.5 Å². The lowest BCUT2D eigenvalue weighted by atomic mass is 9.98. The highest BCUT2D eigenvalue weighted by Crippen LogP contribution is 2.16. The van der Waals surface area contributed by atoms with Crippen LogP contribution < -0.4 is 5.32 Å². The summed E-state index contributed by atoms with van der Waals surface area (Å²) in [6.07, 6.45) is 2.28. The first kappa shape index (κ1) is 16.4. The van der Waals surface area contributed by atoms with Crippen LogP contribution in [0.5, 0.6) is 0 Å². The van der Waals surface area contributed by atoms with Crippen molar-refractivity contribution in [1.82, 2.24) is 10.2 Å². The fourth-order valence-electron chi connectivity index (χ4n) is 2.81. The molecule has 1 heterocycles. The average molecular weight is 272 g/mol. The summed E-state index contributed by atoms with van der Waals surface area (Å²) < 4.78 is 5.47. The number of carboxylic acid groups (broad SMARTS) is 1. The minimum absolute atomic E-state index is 0.146. The van der Waals surface area contributed by atoms with Gasteiger partial charge in [-0.1, -0.05) is 0 Å². The fourth-order valence-corrected chi connectivity index (χ4v) is 2.81. The van der Waals surface area contributed by atoms with Gasteiger partial charge in [-0.2, -0.15) is 0 Å². The van der Waals surface area contributed by atoms with E-state index in [9.17, 15) is 9.90 Å². The first-order valence-electron chi connectivity index (χ1n) is 7.11. The quantitative estimate of drug-likeness (QED) is 0.729. The smallest absolute Gasteiger partial charge is 0.324 e. The predicted molar refractivity (Wildman–Crippen MR) is 75.4 cm³/mol. The van der Waals surface area contributed by atoms with Crippen molar-refractivity contribution in [1.29, 1.82) is 0 Å². The van der Waals surface area contributed by atoms with Gasteiger partial charge in [-0.15, -0.1) is 0 Å². The third-order valence-electron chi connectivity index (χ3n) is 3.49. The van der Waals surface area contributed by atoms with Gasteiger partial charge >= 0.3 is 5.97 Å². The predicted octanol–water partition coefficient (Wildman–Crippen LogP) is 1.19. The molecule has 1 aliphatic heterocycles. The Morgan fingerprint density at radius 3 is 2.74 bits per heavy atom. The van der Waals surface area contributed by atoms with E-state index in [1.165, 1.54) is 6.42 Å². The third kappa shape index (κ3) is 5.47. The van der Waals surface area contributed by atoms with Crippen LogP contribution in [0.1, 0.15) is 33.6 Å². The molecule has 0 amide bonds. The Kier molecular flexibility index (Phi) is 6.23. The van der Waals surface area contributed by atoms with E-state index in [-0.39, 0.29) is 6.04 Å². The second kappa shape index (κ2) is 7.22. The first-order valence-corrected chi connectivity index (χ1v) is 7.11. The first-order chi connectivity index (χ1) is 8.83. The van der Waals surface area contributed by atoms with Gasteiger partial charge in [-0.25, -0.2) is 0 Å². The van der Waals surface area contributed by atoms with Crippen LogP contribution in [-0.2, 0) is 9.53 Å². The van der Waals surface area contributed by atoms with Gasteiger partial charge in [0.25, 0.3) is 0 Å². The number of hydrogen-bond acceptors (Lipinski definition) is 4. The van der Waals surface area contributed by atoms with Crippen molar-refractivity contribution in [3.05, 3.63) is 0 Å². The van der Waals surface area contributed by atoms with Gasteiger partial charge < -0.3 is 14.7 Å². The van der Waals surface area contributed by atoms with Crippen LogP contribution in [0.25, 0.3) is 0 Å². The Labute approximate surface area is 116 Å².